The summed E-state index contributed by atoms with van der Waals surface area (Å²) < 4.78 is 2.13. The van der Waals surface area contributed by atoms with Crippen LogP contribution < -0.4 is 5.46 Å². The Balaban J connectivity index is 2.06. The minimum atomic E-state index is -1.52. The summed E-state index contributed by atoms with van der Waals surface area (Å²) in [4.78, 5) is 4.23. The van der Waals surface area contributed by atoms with Gasteiger partial charge in [-0.2, -0.15) is 0 Å². The highest BCUT2D eigenvalue weighted by Crippen LogP contribution is 2.34. The quantitative estimate of drug-likeness (QED) is 0.404. The SMILES string of the molecule is C=C/C=C\C(=C/C)n1c2ccc(-c3cccnc3)cc2c2ccc(B(O)O)cc21. The Bertz CT molecular complexity index is 1250. The molecule has 0 fully saturated rings. The number of pyridine rings is 1. The summed E-state index contributed by atoms with van der Waals surface area (Å²) in [6.07, 6.45) is 11.3. The summed E-state index contributed by atoms with van der Waals surface area (Å²) in [6, 6.07) is 15.8. The number of benzene rings is 2. The van der Waals surface area contributed by atoms with Crippen molar-refractivity contribution in [2.45, 2.75) is 6.92 Å². The van der Waals surface area contributed by atoms with Gasteiger partial charge in [0.15, 0.2) is 0 Å². The molecule has 0 aliphatic heterocycles. The van der Waals surface area contributed by atoms with E-state index in [4.69, 9.17) is 0 Å². The van der Waals surface area contributed by atoms with E-state index in [0.29, 0.717) is 5.46 Å². The van der Waals surface area contributed by atoms with Gasteiger partial charge in [0.2, 0.25) is 0 Å². The van der Waals surface area contributed by atoms with Crippen LogP contribution in [-0.2, 0) is 0 Å². The van der Waals surface area contributed by atoms with E-state index in [1.54, 1.807) is 18.3 Å². The maximum absolute atomic E-state index is 9.68. The van der Waals surface area contributed by atoms with Crippen LogP contribution in [0.3, 0.4) is 0 Å². The Morgan fingerprint density at radius 3 is 2.59 bits per heavy atom. The van der Waals surface area contributed by atoms with Crippen molar-refractivity contribution in [2.75, 3.05) is 0 Å². The van der Waals surface area contributed by atoms with Crippen LogP contribution in [0.15, 0.2) is 91.8 Å². The van der Waals surface area contributed by atoms with Crippen LogP contribution in [0.1, 0.15) is 6.92 Å². The summed E-state index contributed by atoms with van der Waals surface area (Å²) in [5, 5.41) is 21.5. The normalized spacial score (nSPS) is 12.2. The Morgan fingerprint density at radius 1 is 1.03 bits per heavy atom. The van der Waals surface area contributed by atoms with Crippen molar-refractivity contribution in [1.29, 1.82) is 0 Å². The summed E-state index contributed by atoms with van der Waals surface area (Å²) in [5.74, 6) is 0. The summed E-state index contributed by atoms with van der Waals surface area (Å²) in [6.45, 7) is 5.74. The number of hydrogen-bond acceptors (Lipinski definition) is 3. The molecule has 2 heterocycles. The molecule has 0 amide bonds. The summed E-state index contributed by atoms with van der Waals surface area (Å²) in [7, 11) is -1.52. The van der Waals surface area contributed by atoms with Crippen LogP contribution in [0.2, 0.25) is 0 Å². The van der Waals surface area contributed by atoms with Crippen molar-refractivity contribution in [2.24, 2.45) is 0 Å². The van der Waals surface area contributed by atoms with Gasteiger partial charge in [-0.25, -0.2) is 0 Å². The van der Waals surface area contributed by atoms with Gasteiger partial charge >= 0.3 is 7.12 Å². The topological polar surface area (TPSA) is 58.3 Å². The van der Waals surface area contributed by atoms with Gasteiger partial charge in [0, 0.05) is 34.4 Å². The second-order valence-corrected chi connectivity index (χ2v) is 6.77. The monoisotopic (exact) mass is 380 g/mol. The molecule has 29 heavy (non-hydrogen) atoms. The van der Waals surface area contributed by atoms with E-state index in [1.165, 1.54) is 0 Å². The van der Waals surface area contributed by atoms with Crippen molar-refractivity contribution in [1.82, 2.24) is 9.55 Å². The molecule has 0 radical (unpaired) electrons. The number of rotatable bonds is 5. The van der Waals surface area contributed by atoms with E-state index in [1.807, 2.05) is 55.6 Å². The molecule has 4 aromatic rings. The van der Waals surface area contributed by atoms with Crippen molar-refractivity contribution >= 4 is 40.1 Å². The first kappa shape index (κ1) is 18.9. The fraction of sp³-hybridized carbons (Fsp3) is 0.0417. The third-order valence-corrected chi connectivity index (χ3v) is 5.04. The molecule has 0 unspecified atom stereocenters. The lowest BCUT2D eigenvalue weighted by Gasteiger charge is -2.10. The first-order valence-corrected chi connectivity index (χ1v) is 9.44. The predicted molar refractivity (Wildman–Crippen MR) is 122 cm³/mol. The number of allylic oxidation sites excluding steroid dienone is 5. The zero-order valence-electron chi connectivity index (χ0n) is 16.2. The maximum Gasteiger partial charge on any atom is 0.488 e. The number of nitrogens with zero attached hydrogens (tertiary/aromatic N) is 2. The van der Waals surface area contributed by atoms with Crippen LogP contribution >= 0.6 is 0 Å². The lowest BCUT2D eigenvalue weighted by atomic mass is 9.80. The number of aromatic nitrogens is 2. The maximum atomic E-state index is 9.68. The highest BCUT2D eigenvalue weighted by Gasteiger charge is 2.17. The lowest BCUT2D eigenvalue weighted by molar-refractivity contribution is 0.426. The van der Waals surface area contributed by atoms with Gasteiger partial charge in [-0.1, -0.05) is 49.1 Å². The van der Waals surface area contributed by atoms with Gasteiger partial charge in [-0.3, -0.25) is 4.98 Å². The van der Waals surface area contributed by atoms with Crippen LogP contribution in [0, 0.1) is 0 Å². The average molecular weight is 380 g/mol. The summed E-state index contributed by atoms with van der Waals surface area (Å²) >= 11 is 0. The largest absolute Gasteiger partial charge is 0.488 e. The molecule has 2 aromatic heterocycles. The first-order chi connectivity index (χ1) is 14.1. The van der Waals surface area contributed by atoms with Gasteiger partial charge in [0.05, 0.1) is 11.0 Å². The van der Waals surface area contributed by atoms with E-state index >= 15 is 0 Å². The fourth-order valence-corrected chi connectivity index (χ4v) is 3.66. The Labute approximate surface area is 169 Å². The molecule has 2 aromatic carbocycles. The molecular formula is C24H21BN2O2. The molecule has 4 nitrogen and oxygen atoms in total. The second-order valence-electron chi connectivity index (χ2n) is 6.77. The van der Waals surface area contributed by atoms with Gasteiger partial charge in [0.1, 0.15) is 0 Å². The molecule has 0 spiro atoms. The molecule has 0 saturated heterocycles. The van der Waals surface area contributed by atoms with Crippen molar-refractivity contribution in [3.05, 3.63) is 91.8 Å². The van der Waals surface area contributed by atoms with Crippen molar-refractivity contribution in [3.8, 4) is 11.1 Å². The molecule has 0 saturated carbocycles. The molecule has 0 bridgehead atoms. The Morgan fingerprint density at radius 2 is 1.90 bits per heavy atom. The second kappa shape index (κ2) is 7.91. The van der Waals surface area contributed by atoms with Gasteiger partial charge in [-0.15, -0.1) is 0 Å². The molecular weight excluding hydrogens is 359 g/mol. The van der Waals surface area contributed by atoms with Gasteiger partial charge < -0.3 is 14.6 Å². The smallest absolute Gasteiger partial charge is 0.423 e. The molecule has 142 valence electrons. The van der Waals surface area contributed by atoms with Crippen molar-refractivity contribution in [3.63, 3.8) is 0 Å². The standard InChI is InChI=1S/C24H21BN2O2/c1-3-5-8-20(4-2)27-23-12-9-17(18-7-6-13-26-16-18)14-22(23)21-11-10-19(25(28)29)15-24(21)27/h3-16,28-29H,1H2,2H3/b8-5-,20-4+. The van der Waals surface area contributed by atoms with Crippen LogP contribution in [0.5, 0.6) is 0 Å². The van der Waals surface area contributed by atoms with Crippen LogP contribution in [0.4, 0.5) is 0 Å². The van der Waals surface area contributed by atoms with Crippen LogP contribution in [-0.4, -0.2) is 26.7 Å². The molecule has 5 heteroatoms. The van der Waals surface area contributed by atoms with E-state index in [-0.39, 0.29) is 0 Å². The lowest BCUT2D eigenvalue weighted by Crippen LogP contribution is -2.29. The molecule has 0 aliphatic rings. The highest BCUT2D eigenvalue weighted by molar-refractivity contribution is 6.59. The summed E-state index contributed by atoms with van der Waals surface area (Å²) in [5.41, 5.74) is 5.52. The minimum Gasteiger partial charge on any atom is -0.423 e. The van der Waals surface area contributed by atoms with Crippen molar-refractivity contribution < 1.29 is 10.0 Å². The van der Waals surface area contributed by atoms with E-state index < -0.39 is 7.12 Å². The zero-order valence-corrected chi connectivity index (χ0v) is 16.2. The van der Waals surface area contributed by atoms with Gasteiger partial charge in [-0.05, 0) is 48.3 Å². The molecule has 4 rings (SSSR count). The minimum absolute atomic E-state index is 0.456. The van der Waals surface area contributed by atoms with E-state index in [9.17, 15) is 10.0 Å². The van der Waals surface area contributed by atoms with Crippen LogP contribution in [0.25, 0.3) is 38.6 Å². The number of hydrogen-bond donors (Lipinski definition) is 2. The predicted octanol–water partition coefficient (Wildman–Crippen LogP) is 4.14. The van der Waals surface area contributed by atoms with E-state index in [0.717, 1.165) is 38.6 Å². The average Bonchev–Trinajstić information content (AvgIpc) is 3.08. The van der Waals surface area contributed by atoms with Gasteiger partial charge in [0.25, 0.3) is 0 Å². The molecule has 2 N–H and O–H groups in total. The van der Waals surface area contributed by atoms with E-state index in [2.05, 4.69) is 34.3 Å². The zero-order chi connectivity index (χ0) is 20.4. The Kier molecular flexibility index (Phi) is 5.17. The third kappa shape index (κ3) is 3.42. The fourth-order valence-electron chi connectivity index (χ4n) is 3.66. The third-order valence-electron chi connectivity index (χ3n) is 5.04. The molecule has 0 atom stereocenters. The first-order valence-electron chi connectivity index (χ1n) is 9.44. The highest BCUT2D eigenvalue weighted by atomic mass is 16.4. The Hall–Kier alpha value is -3.41. The number of fused-ring (bicyclic) bond motifs is 3. The molecule has 0 aliphatic carbocycles.